The molecule has 8 N–H and O–H groups in total. The van der Waals surface area contributed by atoms with Crippen LogP contribution in [0, 0.1) is 0 Å². The molecular formula is C30H28O16. The number of hydrogen-bond acceptors (Lipinski definition) is 8. The van der Waals surface area contributed by atoms with Crippen LogP contribution >= 0.6 is 0 Å². The molecule has 0 aliphatic rings. The van der Waals surface area contributed by atoms with Gasteiger partial charge in [-0.05, 0) is 67.4 Å². The predicted molar refractivity (Wildman–Crippen MR) is 155 cm³/mol. The van der Waals surface area contributed by atoms with Gasteiger partial charge in [-0.1, -0.05) is 18.2 Å². The maximum atomic E-state index is 10.4. The lowest BCUT2D eigenvalue weighted by atomic mass is 10.1. The molecule has 0 aliphatic heterocycles. The smallest absolute Gasteiger partial charge is 0.335 e. The first-order chi connectivity index (χ1) is 21.5. The number of rotatable bonds is 11. The van der Waals surface area contributed by atoms with Crippen molar-refractivity contribution in [1.29, 1.82) is 0 Å². The standard InChI is InChI=1S/3C8H6O4.C6H10O4/c3*9-7(10)5-2-1-3-6(4-5)8(11)12;7-5(8)3-1-2-4-6(9)10/h3*1-4H,(H,9,10)(H,11,12);1-4H2,(H,7,8)(H,9,10). The fraction of sp³-hybridized carbons (Fsp3) is 0.133. The number of aromatic carboxylic acids is 6. The average molecular weight is 645 g/mol. The summed E-state index contributed by atoms with van der Waals surface area (Å²) in [4.78, 5) is 82.1. The van der Waals surface area contributed by atoms with E-state index in [2.05, 4.69) is 0 Å². The first-order valence-electron chi connectivity index (χ1n) is 12.6. The lowest BCUT2D eigenvalue weighted by molar-refractivity contribution is -0.139. The summed E-state index contributed by atoms with van der Waals surface area (Å²) in [6.07, 6.45) is 1.02. The van der Waals surface area contributed by atoms with E-state index in [1.165, 1.54) is 54.6 Å². The van der Waals surface area contributed by atoms with Crippen LogP contribution in [-0.4, -0.2) is 88.6 Å². The molecular weight excluding hydrogens is 616 g/mol. The minimum absolute atomic E-state index is 0.0186. The van der Waals surface area contributed by atoms with Crippen molar-refractivity contribution in [2.45, 2.75) is 25.7 Å². The van der Waals surface area contributed by atoms with Gasteiger partial charge >= 0.3 is 47.8 Å². The van der Waals surface area contributed by atoms with Crippen LogP contribution in [0.1, 0.15) is 87.8 Å². The zero-order valence-corrected chi connectivity index (χ0v) is 23.6. The van der Waals surface area contributed by atoms with Crippen LogP contribution in [0.4, 0.5) is 0 Å². The molecule has 0 atom stereocenters. The second-order valence-electron chi connectivity index (χ2n) is 8.57. The van der Waals surface area contributed by atoms with Crippen molar-refractivity contribution in [2.24, 2.45) is 0 Å². The third kappa shape index (κ3) is 16.8. The van der Waals surface area contributed by atoms with Crippen molar-refractivity contribution >= 4 is 47.8 Å². The quantitative estimate of drug-likeness (QED) is 0.137. The van der Waals surface area contributed by atoms with Gasteiger partial charge in [0, 0.05) is 12.8 Å². The molecule has 0 aromatic heterocycles. The molecule has 46 heavy (non-hydrogen) atoms. The SMILES string of the molecule is O=C(O)CCCCC(=O)O.O=C(O)c1cccc(C(=O)O)c1.O=C(O)c1cccc(C(=O)O)c1.O=C(O)c1cccc(C(=O)O)c1. The zero-order valence-electron chi connectivity index (χ0n) is 23.6. The van der Waals surface area contributed by atoms with Crippen molar-refractivity contribution in [2.75, 3.05) is 0 Å². The molecule has 0 aliphatic carbocycles. The third-order valence-corrected chi connectivity index (χ3v) is 5.10. The van der Waals surface area contributed by atoms with Gasteiger partial charge < -0.3 is 40.9 Å². The minimum atomic E-state index is -1.13. The average Bonchev–Trinajstić information content (AvgIpc) is 3.00. The molecule has 244 valence electrons. The molecule has 16 heteroatoms. The third-order valence-electron chi connectivity index (χ3n) is 5.10. The highest BCUT2D eigenvalue weighted by molar-refractivity contribution is 5.95. The highest BCUT2D eigenvalue weighted by atomic mass is 16.4. The Morgan fingerprint density at radius 1 is 0.348 bits per heavy atom. The highest BCUT2D eigenvalue weighted by Gasteiger charge is 2.08. The number of carboxylic acid groups (broad SMARTS) is 8. The van der Waals surface area contributed by atoms with E-state index in [4.69, 9.17) is 40.9 Å². The van der Waals surface area contributed by atoms with Crippen LogP contribution in [0.25, 0.3) is 0 Å². The Labute approximate surface area is 259 Å². The lowest BCUT2D eigenvalue weighted by Crippen LogP contribution is -2.01. The van der Waals surface area contributed by atoms with Gasteiger partial charge in [0.1, 0.15) is 0 Å². The second kappa shape index (κ2) is 20.3. The molecule has 0 bridgehead atoms. The van der Waals surface area contributed by atoms with E-state index in [0.717, 1.165) is 18.2 Å². The van der Waals surface area contributed by atoms with Crippen molar-refractivity contribution in [3.8, 4) is 0 Å². The first-order valence-corrected chi connectivity index (χ1v) is 12.6. The summed E-state index contributed by atoms with van der Waals surface area (Å²) >= 11 is 0. The molecule has 0 heterocycles. The zero-order chi connectivity index (χ0) is 35.4. The van der Waals surface area contributed by atoms with E-state index in [1.54, 1.807) is 0 Å². The summed E-state index contributed by atoms with van der Waals surface area (Å²) in [5.74, 6) is -8.50. The van der Waals surface area contributed by atoms with Gasteiger partial charge in [-0.15, -0.1) is 0 Å². The fourth-order valence-electron chi connectivity index (χ4n) is 2.91. The largest absolute Gasteiger partial charge is 0.481 e. The van der Waals surface area contributed by atoms with E-state index in [0.29, 0.717) is 12.8 Å². The van der Waals surface area contributed by atoms with Crippen molar-refractivity contribution < 1.29 is 79.2 Å². The topological polar surface area (TPSA) is 298 Å². The van der Waals surface area contributed by atoms with Crippen LogP contribution in [0.2, 0.25) is 0 Å². The molecule has 0 saturated carbocycles. The first kappa shape index (κ1) is 39.4. The van der Waals surface area contributed by atoms with Gasteiger partial charge in [0.15, 0.2) is 0 Å². The molecule has 3 aromatic rings. The number of carboxylic acids is 8. The molecule has 3 aromatic carbocycles. The summed E-state index contributed by atoms with van der Waals surface area (Å²) in [5, 5.41) is 67.3. The molecule has 0 unspecified atom stereocenters. The Bertz CT molecular complexity index is 1310. The number of carbonyl (C=O) groups is 8. The van der Waals surface area contributed by atoms with Gasteiger partial charge in [-0.2, -0.15) is 0 Å². The van der Waals surface area contributed by atoms with E-state index in [-0.39, 0.29) is 46.2 Å². The van der Waals surface area contributed by atoms with Gasteiger partial charge in [0.25, 0.3) is 0 Å². The monoisotopic (exact) mass is 644 g/mol. The summed E-state index contributed by atoms with van der Waals surface area (Å²) in [7, 11) is 0. The van der Waals surface area contributed by atoms with Gasteiger partial charge in [0.05, 0.1) is 33.4 Å². The maximum absolute atomic E-state index is 10.4. The van der Waals surface area contributed by atoms with Gasteiger partial charge in [-0.3, -0.25) is 9.59 Å². The molecule has 3 rings (SSSR count). The highest BCUT2D eigenvalue weighted by Crippen LogP contribution is 2.06. The number of hydrogen-bond donors (Lipinski definition) is 8. The van der Waals surface area contributed by atoms with E-state index in [1.807, 2.05) is 0 Å². The van der Waals surface area contributed by atoms with E-state index in [9.17, 15) is 38.4 Å². The van der Waals surface area contributed by atoms with E-state index < -0.39 is 47.8 Å². The van der Waals surface area contributed by atoms with Gasteiger partial charge in [0.2, 0.25) is 0 Å². The number of aliphatic carboxylic acids is 2. The lowest BCUT2D eigenvalue weighted by Gasteiger charge is -1.95. The Morgan fingerprint density at radius 3 is 0.652 bits per heavy atom. The van der Waals surface area contributed by atoms with Crippen LogP contribution in [0.5, 0.6) is 0 Å². The Morgan fingerprint density at radius 2 is 0.522 bits per heavy atom. The number of unbranched alkanes of at least 4 members (excludes halogenated alkanes) is 1. The Balaban J connectivity index is 0.000000589. The normalized spacial score (nSPS) is 9.30. The van der Waals surface area contributed by atoms with E-state index >= 15 is 0 Å². The summed E-state index contributed by atoms with van der Waals surface area (Å²) in [6.45, 7) is 0. The van der Waals surface area contributed by atoms with Crippen molar-refractivity contribution in [3.05, 3.63) is 106 Å². The molecule has 16 nitrogen and oxygen atoms in total. The van der Waals surface area contributed by atoms with Crippen LogP contribution in [0.3, 0.4) is 0 Å². The maximum Gasteiger partial charge on any atom is 0.335 e. The summed E-state index contributed by atoms with van der Waals surface area (Å²) < 4.78 is 0. The molecule has 0 amide bonds. The molecule has 0 spiro atoms. The minimum Gasteiger partial charge on any atom is -0.481 e. The van der Waals surface area contributed by atoms with Gasteiger partial charge in [-0.25, -0.2) is 28.8 Å². The summed E-state index contributed by atoms with van der Waals surface area (Å²) in [6, 6.07) is 15.6. The van der Waals surface area contributed by atoms with Crippen LogP contribution < -0.4 is 0 Å². The molecule has 0 saturated heterocycles. The Hall–Kier alpha value is -6.58. The number of benzene rings is 3. The van der Waals surface area contributed by atoms with Crippen molar-refractivity contribution in [1.82, 2.24) is 0 Å². The van der Waals surface area contributed by atoms with Crippen LogP contribution in [-0.2, 0) is 9.59 Å². The Kier molecular flexibility index (Phi) is 17.4. The fourth-order valence-corrected chi connectivity index (χ4v) is 2.91. The molecule has 0 fully saturated rings. The summed E-state index contributed by atoms with van der Waals surface area (Å²) in [5.41, 5.74) is -0.112. The van der Waals surface area contributed by atoms with Crippen molar-refractivity contribution in [3.63, 3.8) is 0 Å². The van der Waals surface area contributed by atoms with Crippen LogP contribution in [0.15, 0.2) is 72.8 Å². The second-order valence-corrected chi connectivity index (χ2v) is 8.57. The molecule has 0 radical (unpaired) electrons. The predicted octanol–water partition coefficient (Wildman–Crippen LogP) is 3.97.